The molecule has 2 heterocycles. The quantitative estimate of drug-likeness (QED) is 0.514. The van der Waals surface area contributed by atoms with E-state index in [0.29, 0.717) is 30.5 Å². The number of carbonyl (C=O) groups excluding carboxylic acids is 1. The second-order valence-corrected chi connectivity index (χ2v) is 6.27. The monoisotopic (exact) mass is 357 g/mol. The Balaban J connectivity index is 1.72. The minimum absolute atomic E-state index is 0.318. The normalized spacial score (nSPS) is 10.6. The van der Waals surface area contributed by atoms with Crippen LogP contribution < -0.4 is 10.1 Å². The summed E-state index contributed by atoms with van der Waals surface area (Å²) in [6, 6.07) is 9.64. The molecule has 0 aliphatic carbocycles. The first kappa shape index (κ1) is 17.2. The van der Waals surface area contributed by atoms with Gasteiger partial charge in [-0.15, -0.1) is 11.3 Å². The van der Waals surface area contributed by atoms with Gasteiger partial charge in [0.1, 0.15) is 34.2 Å². The van der Waals surface area contributed by atoms with Crippen LogP contribution in [0.1, 0.15) is 22.2 Å². The lowest BCUT2D eigenvalue weighted by molar-refractivity contribution is 0.0531. The van der Waals surface area contributed by atoms with Gasteiger partial charge >= 0.3 is 5.97 Å². The third-order valence-corrected chi connectivity index (χ3v) is 4.77. The molecule has 0 saturated carbocycles. The number of benzene rings is 1. The molecular formula is C18H19N3O3S. The van der Waals surface area contributed by atoms with Crippen molar-refractivity contribution in [2.45, 2.75) is 13.8 Å². The number of carbonyl (C=O) groups is 1. The average Bonchev–Trinajstić information content (AvgIpc) is 2.98. The Hall–Kier alpha value is -2.67. The van der Waals surface area contributed by atoms with Crippen LogP contribution in [-0.2, 0) is 4.74 Å². The van der Waals surface area contributed by atoms with E-state index in [1.807, 2.05) is 37.3 Å². The smallest absolute Gasteiger partial charge is 0.348 e. The maximum atomic E-state index is 12.1. The van der Waals surface area contributed by atoms with E-state index >= 15 is 0 Å². The molecule has 1 N–H and O–H groups in total. The molecule has 1 aromatic carbocycles. The highest BCUT2D eigenvalue weighted by atomic mass is 32.1. The zero-order valence-corrected chi connectivity index (χ0v) is 14.9. The fourth-order valence-corrected chi connectivity index (χ4v) is 3.49. The van der Waals surface area contributed by atoms with Crippen LogP contribution in [0.4, 0.5) is 5.82 Å². The van der Waals surface area contributed by atoms with Crippen LogP contribution >= 0.6 is 11.3 Å². The number of nitrogens with one attached hydrogen (secondary N) is 1. The first-order valence-electron chi connectivity index (χ1n) is 8.03. The number of ether oxygens (including phenoxy) is 2. The van der Waals surface area contributed by atoms with Crippen LogP contribution in [0.25, 0.3) is 10.2 Å². The lowest BCUT2D eigenvalue weighted by Gasteiger charge is -2.09. The molecular weight excluding hydrogens is 338 g/mol. The van der Waals surface area contributed by atoms with Crippen LogP contribution in [-0.4, -0.2) is 35.7 Å². The van der Waals surface area contributed by atoms with E-state index in [2.05, 4.69) is 15.3 Å². The zero-order valence-electron chi connectivity index (χ0n) is 14.1. The molecule has 7 heteroatoms. The molecule has 0 radical (unpaired) electrons. The van der Waals surface area contributed by atoms with Gasteiger partial charge in [-0.25, -0.2) is 14.8 Å². The van der Waals surface area contributed by atoms with E-state index < -0.39 is 0 Å². The van der Waals surface area contributed by atoms with Crippen molar-refractivity contribution >= 4 is 33.3 Å². The molecule has 0 aliphatic heterocycles. The van der Waals surface area contributed by atoms with Gasteiger partial charge < -0.3 is 14.8 Å². The second kappa shape index (κ2) is 7.94. The highest BCUT2D eigenvalue weighted by Gasteiger charge is 2.19. The van der Waals surface area contributed by atoms with Gasteiger partial charge in [0.05, 0.1) is 18.5 Å². The predicted molar refractivity (Wildman–Crippen MR) is 98.5 cm³/mol. The van der Waals surface area contributed by atoms with E-state index in [1.165, 1.54) is 17.7 Å². The average molecular weight is 357 g/mol. The fourth-order valence-electron chi connectivity index (χ4n) is 2.45. The number of hydrogen-bond acceptors (Lipinski definition) is 7. The molecule has 25 heavy (non-hydrogen) atoms. The summed E-state index contributed by atoms with van der Waals surface area (Å²) in [4.78, 5) is 22.0. The van der Waals surface area contributed by atoms with Gasteiger partial charge in [0.25, 0.3) is 0 Å². The summed E-state index contributed by atoms with van der Waals surface area (Å²) in [5.74, 6) is 1.21. The van der Waals surface area contributed by atoms with Crippen molar-refractivity contribution in [2.24, 2.45) is 0 Å². The van der Waals surface area contributed by atoms with Crippen LogP contribution in [0.2, 0.25) is 0 Å². The van der Waals surface area contributed by atoms with Crippen molar-refractivity contribution < 1.29 is 14.3 Å². The van der Waals surface area contributed by atoms with E-state index in [-0.39, 0.29) is 5.97 Å². The number of hydrogen-bond donors (Lipinski definition) is 1. The highest BCUT2D eigenvalue weighted by molar-refractivity contribution is 7.20. The number of rotatable bonds is 7. The molecule has 0 bridgehead atoms. The van der Waals surface area contributed by atoms with Gasteiger partial charge in [-0.3, -0.25) is 0 Å². The summed E-state index contributed by atoms with van der Waals surface area (Å²) in [5, 5.41) is 4.12. The summed E-state index contributed by atoms with van der Waals surface area (Å²) in [6.07, 6.45) is 1.49. The molecule has 0 unspecified atom stereocenters. The molecule has 0 saturated heterocycles. The number of aromatic nitrogens is 2. The van der Waals surface area contributed by atoms with Gasteiger partial charge in [-0.1, -0.05) is 18.2 Å². The maximum Gasteiger partial charge on any atom is 0.348 e. The molecule has 0 fully saturated rings. The molecule has 6 nitrogen and oxygen atoms in total. The van der Waals surface area contributed by atoms with Crippen molar-refractivity contribution in [3.63, 3.8) is 0 Å². The minimum Gasteiger partial charge on any atom is -0.492 e. The molecule has 0 atom stereocenters. The van der Waals surface area contributed by atoms with Crippen LogP contribution in [0.5, 0.6) is 5.75 Å². The standard InChI is InChI=1S/C18H19N3O3S/c1-3-23-18(22)15-12(2)14-16(20-11-21-17(14)25-15)19-9-10-24-13-7-5-4-6-8-13/h4-8,11H,3,9-10H2,1-2H3,(H,19,20,21). The Labute approximate surface area is 149 Å². The number of para-hydroxylation sites is 1. The summed E-state index contributed by atoms with van der Waals surface area (Å²) in [7, 11) is 0. The van der Waals surface area contributed by atoms with E-state index in [0.717, 1.165) is 21.5 Å². The number of aryl methyl sites for hydroxylation is 1. The van der Waals surface area contributed by atoms with Crippen molar-refractivity contribution in [3.05, 3.63) is 47.1 Å². The van der Waals surface area contributed by atoms with E-state index in [1.54, 1.807) is 6.92 Å². The molecule has 2 aromatic heterocycles. The third kappa shape index (κ3) is 3.88. The predicted octanol–water partition coefficient (Wildman–Crippen LogP) is 3.67. The number of anilines is 1. The number of nitrogens with zero attached hydrogens (tertiary/aromatic N) is 2. The Morgan fingerprint density at radius 1 is 1.24 bits per heavy atom. The van der Waals surface area contributed by atoms with Crippen molar-refractivity contribution in [1.82, 2.24) is 9.97 Å². The molecule has 0 amide bonds. The number of fused-ring (bicyclic) bond motifs is 1. The molecule has 3 aromatic rings. The molecule has 3 rings (SSSR count). The Morgan fingerprint density at radius 2 is 2.04 bits per heavy atom. The van der Waals surface area contributed by atoms with Crippen molar-refractivity contribution in [1.29, 1.82) is 0 Å². The molecule has 0 spiro atoms. The van der Waals surface area contributed by atoms with Crippen molar-refractivity contribution in [3.8, 4) is 5.75 Å². The van der Waals surface area contributed by atoms with Gasteiger partial charge in [-0.05, 0) is 31.5 Å². The highest BCUT2D eigenvalue weighted by Crippen LogP contribution is 2.33. The summed E-state index contributed by atoms with van der Waals surface area (Å²) >= 11 is 1.33. The van der Waals surface area contributed by atoms with Gasteiger partial charge in [-0.2, -0.15) is 0 Å². The van der Waals surface area contributed by atoms with Gasteiger partial charge in [0, 0.05) is 0 Å². The third-order valence-electron chi connectivity index (χ3n) is 3.59. The Morgan fingerprint density at radius 3 is 2.80 bits per heavy atom. The molecule has 0 aliphatic rings. The zero-order chi connectivity index (χ0) is 17.6. The van der Waals surface area contributed by atoms with Crippen LogP contribution in [0.15, 0.2) is 36.7 Å². The Bertz CT molecular complexity index is 865. The summed E-state index contributed by atoms with van der Waals surface area (Å²) < 4.78 is 10.8. The first-order chi connectivity index (χ1) is 12.2. The van der Waals surface area contributed by atoms with Gasteiger partial charge in [0.2, 0.25) is 0 Å². The summed E-state index contributed by atoms with van der Waals surface area (Å²) in [5.41, 5.74) is 0.838. The van der Waals surface area contributed by atoms with Crippen LogP contribution in [0.3, 0.4) is 0 Å². The van der Waals surface area contributed by atoms with Crippen LogP contribution in [0, 0.1) is 6.92 Å². The van der Waals surface area contributed by atoms with E-state index in [4.69, 9.17) is 9.47 Å². The SMILES string of the molecule is CCOC(=O)c1sc2ncnc(NCCOc3ccccc3)c2c1C. The van der Waals surface area contributed by atoms with Crippen molar-refractivity contribution in [2.75, 3.05) is 25.1 Å². The van der Waals surface area contributed by atoms with Gasteiger partial charge in [0.15, 0.2) is 0 Å². The van der Waals surface area contributed by atoms with E-state index in [9.17, 15) is 4.79 Å². The molecule has 130 valence electrons. The lowest BCUT2D eigenvalue weighted by Crippen LogP contribution is -2.12. The topological polar surface area (TPSA) is 73.3 Å². The maximum absolute atomic E-state index is 12.1. The Kier molecular flexibility index (Phi) is 5.45. The largest absolute Gasteiger partial charge is 0.492 e. The lowest BCUT2D eigenvalue weighted by atomic mass is 10.2. The summed E-state index contributed by atoms with van der Waals surface area (Å²) in [6.45, 7) is 5.12. The minimum atomic E-state index is -0.318. The first-order valence-corrected chi connectivity index (χ1v) is 8.85. The fraction of sp³-hybridized carbons (Fsp3) is 0.278. The number of esters is 1. The number of thiophene rings is 1. The second-order valence-electron chi connectivity index (χ2n) is 5.27.